The first-order valence-corrected chi connectivity index (χ1v) is 8.49. The lowest BCUT2D eigenvalue weighted by molar-refractivity contribution is -0.111. The smallest absolute Gasteiger partial charge is 0.341 e. The lowest BCUT2D eigenvalue weighted by Gasteiger charge is -1.96. The summed E-state index contributed by atoms with van der Waals surface area (Å²) in [6.07, 6.45) is 4.47. The summed E-state index contributed by atoms with van der Waals surface area (Å²) in [4.78, 5) is 32.1. The van der Waals surface area contributed by atoms with Gasteiger partial charge in [0, 0.05) is 17.7 Å². The summed E-state index contributed by atoms with van der Waals surface area (Å²) in [6, 6.07) is 7.06. The third kappa shape index (κ3) is 4.04. The molecule has 1 amide bonds. The third-order valence-corrected chi connectivity index (χ3v) is 4.16. The minimum atomic E-state index is -0.486. The Morgan fingerprint density at radius 1 is 1.31 bits per heavy atom. The van der Waals surface area contributed by atoms with Gasteiger partial charge in [-0.1, -0.05) is 6.07 Å². The van der Waals surface area contributed by atoms with E-state index >= 15 is 0 Å². The maximum Gasteiger partial charge on any atom is 0.341 e. The Morgan fingerprint density at radius 3 is 2.88 bits per heavy atom. The van der Waals surface area contributed by atoms with Crippen LogP contribution in [0.1, 0.15) is 21.9 Å². The molecular formula is C18H15N3O4S. The molecule has 0 unspecified atom stereocenters. The van der Waals surface area contributed by atoms with E-state index in [0.717, 1.165) is 5.69 Å². The Balaban J connectivity index is 1.65. The average Bonchev–Trinajstić information content (AvgIpc) is 3.26. The van der Waals surface area contributed by atoms with Gasteiger partial charge in [0.2, 0.25) is 5.91 Å². The van der Waals surface area contributed by atoms with E-state index < -0.39 is 5.97 Å². The van der Waals surface area contributed by atoms with Gasteiger partial charge in [-0.2, -0.15) is 0 Å². The highest BCUT2D eigenvalue weighted by molar-refractivity contribution is 7.14. The van der Waals surface area contributed by atoms with Crippen LogP contribution in [0.5, 0.6) is 0 Å². The van der Waals surface area contributed by atoms with Gasteiger partial charge in [-0.3, -0.25) is 15.1 Å². The Bertz CT molecular complexity index is 960. The quantitative estimate of drug-likeness (QED) is 0.546. The van der Waals surface area contributed by atoms with Crippen LogP contribution in [0, 0.1) is 6.92 Å². The number of amides is 1. The molecule has 0 fully saturated rings. The van der Waals surface area contributed by atoms with E-state index in [2.05, 4.69) is 20.0 Å². The zero-order valence-corrected chi connectivity index (χ0v) is 14.9. The van der Waals surface area contributed by atoms with Crippen molar-refractivity contribution in [3.05, 3.63) is 59.0 Å². The number of hydrogen-bond acceptors (Lipinski definition) is 7. The number of ether oxygens (including phenoxy) is 1. The molecule has 0 aliphatic heterocycles. The van der Waals surface area contributed by atoms with Gasteiger partial charge in [-0.05, 0) is 31.2 Å². The van der Waals surface area contributed by atoms with Gasteiger partial charge in [0.1, 0.15) is 22.8 Å². The number of hydrogen-bond donors (Lipinski definition) is 1. The van der Waals surface area contributed by atoms with Crippen molar-refractivity contribution >= 4 is 34.4 Å². The van der Waals surface area contributed by atoms with Gasteiger partial charge in [0.05, 0.1) is 12.8 Å². The molecular weight excluding hydrogens is 354 g/mol. The SMILES string of the molecule is COC(=O)c1cc(/C=C/C(=O)Nc2nc(-c3ccccn3)cs2)oc1C. The molecule has 26 heavy (non-hydrogen) atoms. The monoisotopic (exact) mass is 369 g/mol. The number of methoxy groups -OCH3 is 1. The van der Waals surface area contributed by atoms with Crippen molar-refractivity contribution in [2.45, 2.75) is 6.92 Å². The Morgan fingerprint density at radius 2 is 2.15 bits per heavy atom. The lowest BCUT2D eigenvalue weighted by Crippen LogP contribution is -2.07. The highest BCUT2D eigenvalue weighted by atomic mass is 32.1. The number of nitrogens with one attached hydrogen (secondary N) is 1. The number of carbonyl (C=O) groups excluding carboxylic acids is 2. The molecule has 3 rings (SSSR count). The third-order valence-electron chi connectivity index (χ3n) is 3.40. The van der Waals surface area contributed by atoms with Crippen molar-refractivity contribution in [1.82, 2.24) is 9.97 Å². The molecule has 3 heterocycles. The molecule has 0 saturated carbocycles. The molecule has 0 atom stereocenters. The maximum absolute atomic E-state index is 12.0. The molecule has 0 radical (unpaired) electrons. The second-order valence-electron chi connectivity index (χ2n) is 5.19. The first-order valence-electron chi connectivity index (χ1n) is 7.61. The van der Waals surface area contributed by atoms with Crippen molar-refractivity contribution in [1.29, 1.82) is 0 Å². The zero-order chi connectivity index (χ0) is 18.5. The van der Waals surface area contributed by atoms with E-state index in [9.17, 15) is 9.59 Å². The molecule has 132 valence electrons. The normalized spacial score (nSPS) is 10.8. The van der Waals surface area contributed by atoms with E-state index in [1.54, 1.807) is 13.1 Å². The summed E-state index contributed by atoms with van der Waals surface area (Å²) in [5.41, 5.74) is 1.76. The number of rotatable bonds is 5. The summed E-state index contributed by atoms with van der Waals surface area (Å²) in [5, 5.41) is 4.96. The van der Waals surface area contributed by atoms with Gasteiger partial charge in [-0.15, -0.1) is 11.3 Å². The summed E-state index contributed by atoms with van der Waals surface area (Å²) in [7, 11) is 1.30. The molecule has 3 aromatic rings. The first kappa shape index (κ1) is 17.6. The summed E-state index contributed by atoms with van der Waals surface area (Å²) >= 11 is 1.31. The standard InChI is InChI=1S/C18H15N3O4S/c1-11-13(17(23)24-2)9-12(25-11)6-7-16(22)21-18-20-15(10-26-18)14-5-3-4-8-19-14/h3-10H,1-2H3,(H,20,21,22)/b7-6+. The van der Waals surface area contributed by atoms with Crippen LogP contribution in [-0.2, 0) is 9.53 Å². The number of nitrogens with zero attached hydrogens (tertiary/aromatic N) is 2. The number of aryl methyl sites for hydroxylation is 1. The van der Waals surface area contributed by atoms with Crippen LogP contribution < -0.4 is 5.32 Å². The number of carbonyl (C=O) groups is 2. The van der Waals surface area contributed by atoms with Crippen molar-refractivity contribution in [3.63, 3.8) is 0 Å². The van der Waals surface area contributed by atoms with Gasteiger partial charge < -0.3 is 9.15 Å². The average molecular weight is 369 g/mol. The van der Waals surface area contributed by atoms with E-state index in [1.165, 1.54) is 36.7 Å². The molecule has 7 nitrogen and oxygen atoms in total. The fourth-order valence-electron chi connectivity index (χ4n) is 2.17. The number of anilines is 1. The largest absolute Gasteiger partial charge is 0.465 e. The van der Waals surface area contributed by atoms with Gasteiger partial charge >= 0.3 is 5.97 Å². The van der Waals surface area contributed by atoms with Gasteiger partial charge in [-0.25, -0.2) is 9.78 Å². The molecule has 0 aliphatic rings. The van der Waals surface area contributed by atoms with Crippen LogP contribution in [-0.4, -0.2) is 29.0 Å². The number of thiazole rings is 1. The highest BCUT2D eigenvalue weighted by Crippen LogP contribution is 2.23. The molecule has 0 aliphatic carbocycles. The van der Waals surface area contributed by atoms with E-state index in [1.807, 2.05) is 23.6 Å². The van der Waals surface area contributed by atoms with Gasteiger partial charge in [0.15, 0.2) is 5.13 Å². The van der Waals surface area contributed by atoms with Crippen molar-refractivity contribution in [2.75, 3.05) is 12.4 Å². The zero-order valence-electron chi connectivity index (χ0n) is 14.1. The molecule has 0 saturated heterocycles. The molecule has 1 N–H and O–H groups in total. The van der Waals surface area contributed by atoms with Crippen LogP contribution in [0.25, 0.3) is 17.5 Å². The van der Waals surface area contributed by atoms with Crippen molar-refractivity contribution in [3.8, 4) is 11.4 Å². The number of furan rings is 1. The number of esters is 1. The van der Waals surface area contributed by atoms with Crippen molar-refractivity contribution in [2.24, 2.45) is 0 Å². The number of aromatic nitrogens is 2. The summed E-state index contributed by atoms with van der Waals surface area (Å²) in [6.45, 7) is 1.65. The Kier molecular flexibility index (Phi) is 5.23. The highest BCUT2D eigenvalue weighted by Gasteiger charge is 2.14. The molecule has 3 aromatic heterocycles. The predicted molar refractivity (Wildman–Crippen MR) is 97.8 cm³/mol. The van der Waals surface area contributed by atoms with Gasteiger partial charge in [0.25, 0.3) is 0 Å². The molecule has 8 heteroatoms. The maximum atomic E-state index is 12.0. The Hall–Kier alpha value is -3.26. The van der Waals surface area contributed by atoms with Crippen LogP contribution in [0.3, 0.4) is 0 Å². The van der Waals surface area contributed by atoms with Crippen LogP contribution in [0.15, 0.2) is 46.3 Å². The van der Waals surface area contributed by atoms with E-state index in [-0.39, 0.29) is 5.91 Å². The fraction of sp³-hybridized carbons (Fsp3) is 0.111. The van der Waals surface area contributed by atoms with Crippen LogP contribution in [0.2, 0.25) is 0 Å². The van der Waals surface area contributed by atoms with Crippen LogP contribution in [0.4, 0.5) is 5.13 Å². The van der Waals surface area contributed by atoms with E-state index in [0.29, 0.717) is 27.9 Å². The first-order chi connectivity index (χ1) is 12.6. The number of pyridine rings is 1. The van der Waals surface area contributed by atoms with Crippen LogP contribution >= 0.6 is 11.3 Å². The Labute approximate surface area is 153 Å². The minimum absolute atomic E-state index is 0.326. The topological polar surface area (TPSA) is 94.3 Å². The molecule has 0 spiro atoms. The minimum Gasteiger partial charge on any atom is -0.465 e. The summed E-state index contributed by atoms with van der Waals surface area (Å²) < 4.78 is 10.1. The fourth-order valence-corrected chi connectivity index (χ4v) is 2.88. The molecule has 0 bridgehead atoms. The van der Waals surface area contributed by atoms with Crippen molar-refractivity contribution < 1.29 is 18.7 Å². The van der Waals surface area contributed by atoms with E-state index in [4.69, 9.17) is 4.42 Å². The summed E-state index contributed by atoms with van der Waals surface area (Å²) in [5.74, 6) is -0.0380. The lowest BCUT2D eigenvalue weighted by atomic mass is 10.2. The predicted octanol–water partition coefficient (Wildman–Crippen LogP) is 3.55. The second kappa shape index (κ2) is 7.75. The molecule has 0 aromatic carbocycles. The second-order valence-corrected chi connectivity index (χ2v) is 6.04.